The first-order valence-corrected chi connectivity index (χ1v) is 7.81. The summed E-state index contributed by atoms with van der Waals surface area (Å²) in [5, 5.41) is 0. The second kappa shape index (κ2) is 6.02. The molecule has 2 aromatic carbocycles. The maximum atomic E-state index is 14.4. The van der Waals surface area contributed by atoms with Gasteiger partial charge in [0.15, 0.2) is 11.6 Å². The molecule has 24 heavy (non-hydrogen) atoms. The van der Waals surface area contributed by atoms with Crippen LogP contribution in [0.2, 0.25) is 0 Å². The summed E-state index contributed by atoms with van der Waals surface area (Å²) in [6.45, 7) is 1.87. The lowest BCUT2D eigenvalue weighted by Gasteiger charge is -2.08. The van der Waals surface area contributed by atoms with Gasteiger partial charge in [-0.2, -0.15) is 13.2 Å². The van der Waals surface area contributed by atoms with Crippen molar-refractivity contribution in [1.29, 1.82) is 0 Å². The summed E-state index contributed by atoms with van der Waals surface area (Å²) in [5.41, 5.74) is 1.38. The third-order valence-corrected chi connectivity index (χ3v) is 4.76. The largest absolute Gasteiger partial charge is 0.425 e. The van der Waals surface area contributed by atoms with Crippen LogP contribution in [0.25, 0.3) is 21.6 Å². The molecule has 0 radical (unpaired) electrons. The molecule has 0 saturated carbocycles. The van der Waals surface area contributed by atoms with E-state index in [4.69, 9.17) is 0 Å². The topological polar surface area (TPSA) is 0 Å². The molecule has 1 aromatic heterocycles. The number of rotatable bonds is 2. The van der Waals surface area contributed by atoms with Crippen LogP contribution in [0.3, 0.4) is 0 Å². The lowest BCUT2D eigenvalue weighted by atomic mass is 10.0. The molecule has 0 unspecified atom stereocenters. The van der Waals surface area contributed by atoms with Crippen molar-refractivity contribution in [1.82, 2.24) is 0 Å². The third-order valence-electron chi connectivity index (χ3n) is 3.60. The summed E-state index contributed by atoms with van der Waals surface area (Å²) >= 11 is 0.388. The first-order chi connectivity index (χ1) is 11.3. The average Bonchev–Trinajstić information content (AvgIpc) is 3.01. The highest BCUT2D eigenvalue weighted by molar-refractivity contribution is 7.15. The smallest absolute Gasteiger partial charge is 0.203 e. The van der Waals surface area contributed by atoms with Crippen molar-refractivity contribution in [3.8, 4) is 21.6 Å². The van der Waals surface area contributed by atoms with Gasteiger partial charge in [0.25, 0.3) is 0 Å². The minimum absolute atomic E-state index is 0.0363. The van der Waals surface area contributed by atoms with Crippen molar-refractivity contribution in [3.05, 3.63) is 70.6 Å². The Bertz CT molecular complexity index is 875. The Morgan fingerprint density at radius 3 is 1.92 bits per heavy atom. The second-order valence-corrected chi connectivity index (χ2v) is 6.40. The summed E-state index contributed by atoms with van der Waals surface area (Å²) in [5.74, 6) is -2.22. The maximum Gasteiger partial charge on any atom is 0.425 e. The Balaban J connectivity index is 2.04. The number of hydrogen-bond acceptors (Lipinski definition) is 1. The van der Waals surface area contributed by atoms with Crippen LogP contribution < -0.4 is 0 Å². The molecule has 0 aliphatic rings. The van der Waals surface area contributed by atoms with Crippen molar-refractivity contribution in [2.75, 3.05) is 0 Å². The van der Waals surface area contributed by atoms with Crippen molar-refractivity contribution in [2.45, 2.75) is 13.1 Å². The van der Waals surface area contributed by atoms with E-state index < -0.39 is 22.7 Å². The number of aryl methyl sites for hydroxylation is 1. The molecule has 124 valence electrons. The standard InChI is InChI=1S/C18H11F5S/c1-10-2-4-11(5-3-10)12-6-7-13(17(20)16(12)19)14-8-9-15(24-14)18(21,22)23/h2-9H,1H3. The highest BCUT2D eigenvalue weighted by atomic mass is 32.1. The van der Waals surface area contributed by atoms with Crippen molar-refractivity contribution in [2.24, 2.45) is 0 Å². The van der Waals surface area contributed by atoms with Gasteiger partial charge in [-0.3, -0.25) is 0 Å². The fourth-order valence-corrected chi connectivity index (χ4v) is 3.22. The number of hydrogen-bond donors (Lipinski definition) is 0. The zero-order chi connectivity index (χ0) is 17.5. The first-order valence-electron chi connectivity index (χ1n) is 7.00. The Morgan fingerprint density at radius 2 is 1.33 bits per heavy atom. The van der Waals surface area contributed by atoms with Crippen molar-refractivity contribution >= 4 is 11.3 Å². The molecule has 0 bridgehead atoms. The molecule has 3 rings (SSSR count). The van der Waals surface area contributed by atoms with Crippen LogP contribution in [0.15, 0.2) is 48.5 Å². The second-order valence-electron chi connectivity index (χ2n) is 5.32. The van der Waals surface area contributed by atoms with Crippen LogP contribution in [0, 0.1) is 18.6 Å². The Morgan fingerprint density at radius 1 is 0.750 bits per heavy atom. The molecule has 0 atom stereocenters. The molecule has 3 aromatic rings. The average molecular weight is 354 g/mol. The molecule has 0 saturated heterocycles. The minimum Gasteiger partial charge on any atom is -0.203 e. The van der Waals surface area contributed by atoms with E-state index in [-0.39, 0.29) is 16.0 Å². The van der Waals surface area contributed by atoms with Crippen LogP contribution in [0.4, 0.5) is 22.0 Å². The number of alkyl halides is 3. The molecular formula is C18H11F5S. The van der Waals surface area contributed by atoms with Crippen molar-refractivity contribution in [3.63, 3.8) is 0 Å². The summed E-state index contributed by atoms with van der Waals surface area (Å²) < 4.78 is 66.7. The number of thiophene rings is 1. The minimum atomic E-state index is -4.50. The quantitative estimate of drug-likeness (QED) is 0.450. The van der Waals surface area contributed by atoms with E-state index >= 15 is 0 Å². The predicted molar refractivity (Wildman–Crippen MR) is 84.8 cm³/mol. The van der Waals surface area contributed by atoms with Gasteiger partial charge in [0.2, 0.25) is 0 Å². The van der Waals surface area contributed by atoms with Gasteiger partial charge in [0, 0.05) is 16.0 Å². The van der Waals surface area contributed by atoms with E-state index in [0.717, 1.165) is 17.7 Å². The summed E-state index contributed by atoms with van der Waals surface area (Å²) in [7, 11) is 0. The zero-order valence-electron chi connectivity index (χ0n) is 12.4. The lowest BCUT2D eigenvalue weighted by Crippen LogP contribution is -2.00. The molecule has 0 aliphatic carbocycles. The van der Waals surface area contributed by atoms with Gasteiger partial charge in [-0.1, -0.05) is 35.9 Å². The van der Waals surface area contributed by atoms with Crippen molar-refractivity contribution < 1.29 is 22.0 Å². The molecule has 0 aliphatic heterocycles. The van der Waals surface area contributed by atoms with E-state index in [2.05, 4.69) is 0 Å². The number of benzene rings is 2. The molecule has 0 N–H and O–H groups in total. The van der Waals surface area contributed by atoms with Crippen LogP contribution in [-0.2, 0) is 6.18 Å². The molecule has 6 heteroatoms. The van der Waals surface area contributed by atoms with Crippen LogP contribution >= 0.6 is 11.3 Å². The van der Waals surface area contributed by atoms with E-state index in [9.17, 15) is 22.0 Å². The fourth-order valence-electron chi connectivity index (χ4n) is 2.33. The molecule has 1 heterocycles. The van der Waals surface area contributed by atoms with Gasteiger partial charge in [0.1, 0.15) is 4.88 Å². The molecular weight excluding hydrogens is 343 g/mol. The van der Waals surface area contributed by atoms with Gasteiger partial charge in [-0.25, -0.2) is 8.78 Å². The van der Waals surface area contributed by atoms with Gasteiger partial charge in [0.05, 0.1) is 0 Å². The van der Waals surface area contributed by atoms with E-state index in [1.165, 1.54) is 12.1 Å². The monoisotopic (exact) mass is 354 g/mol. The molecule has 0 amide bonds. The highest BCUT2D eigenvalue weighted by Gasteiger charge is 2.33. The lowest BCUT2D eigenvalue weighted by molar-refractivity contribution is -0.134. The fraction of sp³-hybridized carbons (Fsp3) is 0.111. The summed E-state index contributed by atoms with van der Waals surface area (Å²) in [4.78, 5) is -0.811. The van der Waals surface area contributed by atoms with Gasteiger partial charge >= 0.3 is 6.18 Å². The maximum absolute atomic E-state index is 14.4. The van der Waals surface area contributed by atoms with Gasteiger partial charge in [-0.15, -0.1) is 11.3 Å². The summed E-state index contributed by atoms with van der Waals surface area (Å²) in [6, 6.07) is 11.6. The third kappa shape index (κ3) is 3.06. The van der Waals surface area contributed by atoms with Crippen LogP contribution in [0.1, 0.15) is 10.4 Å². The highest BCUT2D eigenvalue weighted by Crippen LogP contribution is 2.40. The molecule has 0 fully saturated rings. The first kappa shape index (κ1) is 16.6. The van der Waals surface area contributed by atoms with Gasteiger partial charge < -0.3 is 0 Å². The normalized spacial score (nSPS) is 11.8. The van der Waals surface area contributed by atoms with Crippen LogP contribution in [0.5, 0.6) is 0 Å². The Labute approximate surface area is 139 Å². The molecule has 0 spiro atoms. The van der Waals surface area contributed by atoms with E-state index in [1.807, 2.05) is 6.92 Å². The Hall–Kier alpha value is -2.21. The molecule has 0 nitrogen and oxygen atoms in total. The predicted octanol–water partition coefficient (Wildman–Crippen LogP) is 6.69. The van der Waals surface area contributed by atoms with Gasteiger partial charge in [-0.05, 0) is 30.7 Å². The van der Waals surface area contributed by atoms with E-state index in [1.54, 1.807) is 24.3 Å². The summed E-state index contributed by atoms with van der Waals surface area (Å²) in [6.07, 6.45) is -4.50. The SMILES string of the molecule is Cc1ccc(-c2ccc(-c3ccc(C(F)(F)F)s3)c(F)c2F)cc1. The zero-order valence-corrected chi connectivity index (χ0v) is 13.2. The van der Waals surface area contributed by atoms with Crippen LogP contribution in [-0.4, -0.2) is 0 Å². The number of halogens is 5. The Kier molecular flexibility index (Phi) is 4.17. The van der Waals surface area contributed by atoms with E-state index in [0.29, 0.717) is 16.9 Å².